The predicted octanol–water partition coefficient (Wildman–Crippen LogP) is 5.12. The molecule has 35 heavy (non-hydrogen) atoms. The maximum Gasteiger partial charge on any atom is 0.349 e. The van der Waals surface area contributed by atoms with Crippen molar-refractivity contribution in [2.45, 2.75) is 12.2 Å². The van der Waals surface area contributed by atoms with E-state index in [1.165, 1.54) is 48.5 Å². The summed E-state index contributed by atoms with van der Waals surface area (Å²) in [5.74, 6) is -5.13. The first kappa shape index (κ1) is 26.0. The standard InChI is InChI=1S/C24H16Cl3NO7/c25-15-9-3-1-7-13(15)23(32)34-19(21(29)28-18-12-6-5-11-17(18)27)20(22(30)31)35-24(33)14-8-2-4-10-16(14)26/h1-12,19-20H,(H,28,29)(H,30,31)/t19-,20-/m1/s1. The molecule has 180 valence electrons. The Labute approximate surface area is 214 Å². The number of halogens is 3. The van der Waals surface area contributed by atoms with Gasteiger partial charge >= 0.3 is 17.9 Å². The van der Waals surface area contributed by atoms with Crippen LogP contribution in [0, 0.1) is 0 Å². The molecule has 0 fully saturated rings. The molecule has 11 heteroatoms. The summed E-state index contributed by atoms with van der Waals surface area (Å²) < 4.78 is 10.3. The van der Waals surface area contributed by atoms with Crippen molar-refractivity contribution in [3.63, 3.8) is 0 Å². The molecule has 8 nitrogen and oxygen atoms in total. The second kappa shape index (κ2) is 11.7. The first-order chi connectivity index (χ1) is 16.7. The Kier molecular flexibility index (Phi) is 8.70. The van der Waals surface area contributed by atoms with Gasteiger partial charge in [0.15, 0.2) is 0 Å². The number of carbonyl (C=O) groups is 4. The van der Waals surface area contributed by atoms with E-state index in [-0.39, 0.29) is 31.9 Å². The molecule has 0 aliphatic carbocycles. The van der Waals surface area contributed by atoms with Crippen LogP contribution in [0.3, 0.4) is 0 Å². The zero-order chi connectivity index (χ0) is 25.5. The van der Waals surface area contributed by atoms with Crippen LogP contribution in [0.25, 0.3) is 0 Å². The second-order valence-electron chi connectivity index (χ2n) is 6.92. The Morgan fingerprint density at radius 2 is 1.09 bits per heavy atom. The minimum absolute atomic E-state index is 0.00250. The molecule has 0 aliphatic heterocycles. The fourth-order valence-corrected chi connectivity index (χ4v) is 3.48. The van der Waals surface area contributed by atoms with E-state index in [0.717, 1.165) is 0 Å². The second-order valence-corrected chi connectivity index (χ2v) is 8.14. The third kappa shape index (κ3) is 6.51. The lowest BCUT2D eigenvalue weighted by Gasteiger charge is -2.24. The summed E-state index contributed by atoms with van der Waals surface area (Å²) in [5, 5.41) is 12.3. The summed E-state index contributed by atoms with van der Waals surface area (Å²) >= 11 is 18.1. The van der Waals surface area contributed by atoms with E-state index in [1.54, 1.807) is 24.3 Å². The summed E-state index contributed by atoms with van der Waals surface area (Å²) in [6.07, 6.45) is -4.37. The fourth-order valence-electron chi connectivity index (χ4n) is 2.87. The summed E-state index contributed by atoms with van der Waals surface area (Å²) in [5.41, 5.74) is -0.172. The summed E-state index contributed by atoms with van der Waals surface area (Å²) in [6, 6.07) is 17.6. The Hall–Kier alpha value is -3.59. The molecule has 1 amide bonds. The minimum atomic E-state index is -2.24. The van der Waals surface area contributed by atoms with E-state index in [4.69, 9.17) is 44.3 Å². The number of aliphatic carboxylic acids is 1. The molecule has 0 aromatic heterocycles. The smallest absolute Gasteiger partial charge is 0.349 e. The van der Waals surface area contributed by atoms with Gasteiger partial charge in [-0.25, -0.2) is 14.4 Å². The van der Waals surface area contributed by atoms with Gasteiger partial charge in [-0.05, 0) is 36.4 Å². The van der Waals surface area contributed by atoms with Gasteiger partial charge in [-0.2, -0.15) is 0 Å². The molecule has 2 atom stereocenters. The van der Waals surface area contributed by atoms with E-state index in [2.05, 4.69) is 5.32 Å². The molecule has 0 spiro atoms. The Bertz CT molecular complexity index is 1280. The number of hydrogen-bond acceptors (Lipinski definition) is 6. The number of carboxylic acid groups (broad SMARTS) is 1. The average Bonchev–Trinajstić information content (AvgIpc) is 2.82. The van der Waals surface area contributed by atoms with Crippen LogP contribution in [-0.2, 0) is 19.1 Å². The quantitative estimate of drug-likeness (QED) is 0.383. The van der Waals surface area contributed by atoms with Crippen molar-refractivity contribution >= 4 is 64.3 Å². The molecule has 3 aromatic carbocycles. The maximum atomic E-state index is 13.1. The number of nitrogens with one attached hydrogen (secondary N) is 1. The summed E-state index contributed by atoms with van der Waals surface area (Å²) in [6.45, 7) is 0. The lowest BCUT2D eigenvalue weighted by atomic mass is 10.1. The molecule has 3 aromatic rings. The lowest BCUT2D eigenvalue weighted by Crippen LogP contribution is -2.48. The van der Waals surface area contributed by atoms with Crippen LogP contribution in [0.15, 0.2) is 72.8 Å². The van der Waals surface area contributed by atoms with Crippen molar-refractivity contribution in [3.05, 3.63) is 99.0 Å². The topological polar surface area (TPSA) is 119 Å². The van der Waals surface area contributed by atoms with Gasteiger partial charge in [0, 0.05) is 0 Å². The van der Waals surface area contributed by atoms with Gasteiger partial charge in [-0.3, -0.25) is 4.79 Å². The molecule has 0 bridgehead atoms. The number of benzene rings is 3. The summed E-state index contributed by atoms with van der Waals surface area (Å²) in [7, 11) is 0. The summed E-state index contributed by atoms with van der Waals surface area (Å²) in [4.78, 5) is 50.6. The first-order valence-electron chi connectivity index (χ1n) is 9.88. The predicted molar refractivity (Wildman–Crippen MR) is 129 cm³/mol. The molecule has 0 saturated heterocycles. The van der Waals surface area contributed by atoms with Crippen molar-refractivity contribution in [2.24, 2.45) is 0 Å². The highest BCUT2D eigenvalue weighted by molar-refractivity contribution is 6.34. The van der Waals surface area contributed by atoms with Gasteiger partial charge in [0.1, 0.15) is 0 Å². The fraction of sp³-hybridized carbons (Fsp3) is 0.0833. The van der Waals surface area contributed by atoms with Crippen LogP contribution in [0.4, 0.5) is 5.69 Å². The van der Waals surface area contributed by atoms with E-state index in [9.17, 15) is 24.3 Å². The number of para-hydroxylation sites is 1. The number of amides is 1. The normalized spacial score (nSPS) is 12.2. The van der Waals surface area contributed by atoms with Gasteiger partial charge in [-0.15, -0.1) is 0 Å². The molecular formula is C24H16Cl3NO7. The highest BCUT2D eigenvalue weighted by Gasteiger charge is 2.41. The highest BCUT2D eigenvalue weighted by Crippen LogP contribution is 2.24. The zero-order valence-corrected chi connectivity index (χ0v) is 19.9. The third-order valence-electron chi connectivity index (χ3n) is 4.56. The molecule has 0 aliphatic rings. The Balaban J connectivity index is 1.95. The number of carboxylic acids is 1. The monoisotopic (exact) mass is 535 g/mol. The SMILES string of the molecule is O=C(O[C@@H](C(=O)O)[C@@H](OC(=O)c1ccccc1Cl)C(=O)Nc1ccccc1Cl)c1ccccc1Cl. The van der Waals surface area contributed by atoms with Crippen molar-refractivity contribution in [1.82, 2.24) is 0 Å². The molecule has 2 N–H and O–H groups in total. The number of carbonyl (C=O) groups excluding carboxylic acids is 3. The van der Waals surface area contributed by atoms with Gasteiger partial charge in [-0.1, -0.05) is 71.2 Å². The highest BCUT2D eigenvalue weighted by atomic mass is 35.5. The number of hydrogen-bond donors (Lipinski definition) is 2. The minimum Gasteiger partial charge on any atom is -0.478 e. The van der Waals surface area contributed by atoms with Gasteiger partial charge < -0.3 is 19.9 Å². The number of esters is 2. The van der Waals surface area contributed by atoms with Crippen molar-refractivity contribution in [2.75, 3.05) is 5.32 Å². The first-order valence-corrected chi connectivity index (χ1v) is 11.0. The molecule has 0 saturated carbocycles. The molecule has 0 heterocycles. The van der Waals surface area contributed by atoms with Crippen molar-refractivity contribution < 1.29 is 33.8 Å². The van der Waals surface area contributed by atoms with E-state index in [1.807, 2.05) is 0 Å². The Morgan fingerprint density at radius 3 is 1.54 bits per heavy atom. The van der Waals surface area contributed by atoms with Gasteiger partial charge in [0.05, 0.1) is 31.9 Å². The number of ether oxygens (including phenoxy) is 2. The molecular weight excluding hydrogens is 521 g/mol. The molecule has 0 unspecified atom stereocenters. The largest absolute Gasteiger partial charge is 0.478 e. The average molecular weight is 537 g/mol. The number of rotatable bonds is 8. The van der Waals surface area contributed by atoms with Crippen LogP contribution in [-0.4, -0.2) is 41.1 Å². The van der Waals surface area contributed by atoms with E-state index in [0.29, 0.717) is 0 Å². The van der Waals surface area contributed by atoms with Crippen LogP contribution >= 0.6 is 34.8 Å². The zero-order valence-electron chi connectivity index (χ0n) is 17.6. The van der Waals surface area contributed by atoms with Crippen LogP contribution in [0.5, 0.6) is 0 Å². The van der Waals surface area contributed by atoms with Gasteiger partial charge in [0.2, 0.25) is 12.2 Å². The maximum absolute atomic E-state index is 13.1. The van der Waals surface area contributed by atoms with E-state index < -0.39 is 36.0 Å². The van der Waals surface area contributed by atoms with Crippen LogP contribution in [0.2, 0.25) is 15.1 Å². The lowest BCUT2D eigenvalue weighted by molar-refractivity contribution is -0.157. The molecule has 0 radical (unpaired) electrons. The number of anilines is 1. The Morgan fingerprint density at radius 1 is 0.657 bits per heavy atom. The van der Waals surface area contributed by atoms with Gasteiger partial charge in [0.25, 0.3) is 5.91 Å². The van der Waals surface area contributed by atoms with Crippen molar-refractivity contribution in [1.29, 1.82) is 0 Å². The van der Waals surface area contributed by atoms with Crippen LogP contribution in [0.1, 0.15) is 20.7 Å². The third-order valence-corrected chi connectivity index (χ3v) is 5.55. The molecule has 3 rings (SSSR count). The van der Waals surface area contributed by atoms with E-state index >= 15 is 0 Å². The van der Waals surface area contributed by atoms with Crippen molar-refractivity contribution in [3.8, 4) is 0 Å². The van der Waals surface area contributed by atoms with Crippen LogP contribution < -0.4 is 5.32 Å².